The standard InChI is InChI=1S/C18H27FN2/c1-3-16-12-20-18(2,15-8-9-15)13-21(16)11-10-14-6-4-5-7-17(14)19/h4-7,15-16,20H,3,8-13H2,1-2H3. The molecule has 1 saturated heterocycles. The second kappa shape index (κ2) is 6.05. The first-order valence-electron chi connectivity index (χ1n) is 8.35. The summed E-state index contributed by atoms with van der Waals surface area (Å²) >= 11 is 0. The van der Waals surface area contributed by atoms with E-state index in [-0.39, 0.29) is 11.4 Å². The van der Waals surface area contributed by atoms with E-state index < -0.39 is 0 Å². The number of piperazine rings is 1. The normalized spacial score (nSPS) is 30.5. The summed E-state index contributed by atoms with van der Waals surface area (Å²) in [6.07, 6.45) is 4.69. The summed E-state index contributed by atoms with van der Waals surface area (Å²) in [6.45, 7) is 7.75. The molecule has 116 valence electrons. The van der Waals surface area contributed by atoms with Gasteiger partial charge in [0.1, 0.15) is 5.82 Å². The molecule has 0 radical (unpaired) electrons. The van der Waals surface area contributed by atoms with Crippen LogP contribution in [0.25, 0.3) is 0 Å². The molecule has 1 aromatic rings. The fourth-order valence-corrected chi connectivity index (χ4v) is 3.71. The van der Waals surface area contributed by atoms with Gasteiger partial charge in [0.2, 0.25) is 0 Å². The Morgan fingerprint density at radius 1 is 1.33 bits per heavy atom. The van der Waals surface area contributed by atoms with Gasteiger partial charge in [-0.1, -0.05) is 25.1 Å². The molecule has 1 aromatic carbocycles. The molecule has 2 atom stereocenters. The van der Waals surface area contributed by atoms with E-state index in [1.165, 1.54) is 12.8 Å². The van der Waals surface area contributed by atoms with Crippen LogP contribution in [0, 0.1) is 11.7 Å². The molecule has 0 bridgehead atoms. The van der Waals surface area contributed by atoms with Gasteiger partial charge in [-0.15, -0.1) is 0 Å². The number of nitrogens with zero attached hydrogens (tertiary/aromatic N) is 1. The van der Waals surface area contributed by atoms with Crippen LogP contribution in [0.2, 0.25) is 0 Å². The molecule has 1 N–H and O–H groups in total. The average Bonchev–Trinajstić information content (AvgIpc) is 3.32. The van der Waals surface area contributed by atoms with E-state index >= 15 is 0 Å². The Morgan fingerprint density at radius 2 is 2.10 bits per heavy atom. The highest BCUT2D eigenvalue weighted by atomic mass is 19.1. The van der Waals surface area contributed by atoms with Gasteiger partial charge in [-0.2, -0.15) is 0 Å². The van der Waals surface area contributed by atoms with Crippen LogP contribution >= 0.6 is 0 Å². The van der Waals surface area contributed by atoms with Crippen molar-refractivity contribution in [3.05, 3.63) is 35.6 Å². The Labute approximate surface area is 127 Å². The minimum Gasteiger partial charge on any atom is -0.308 e. The molecule has 2 fully saturated rings. The zero-order valence-electron chi connectivity index (χ0n) is 13.2. The Morgan fingerprint density at radius 3 is 2.76 bits per heavy atom. The van der Waals surface area contributed by atoms with Crippen molar-refractivity contribution < 1.29 is 4.39 Å². The van der Waals surface area contributed by atoms with Gasteiger partial charge < -0.3 is 5.32 Å². The first-order valence-corrected chi connectivity index (χ1v) is 8.35. The van der Waals surface area contributed by atoms with Crippen LogP contribution in [-0.2, 0) is 6.42 Å². The molecule has 0 amide bonds. The predicted octanol–water partition coefficient (Wildman–Crippen LogP) is 3.22. The van der Waals surface area contributed by atoms with Gasteiger partial charge in [-0.3, -0.25) is 4.90 Å². The zero-order valence-corrected chi connectivity index (χ0v) is 13.2. The number of hydrogen-bond donors (Lipinski definition) is 1. The minimum atomic E-state index is -0.0642. The highest BCUT2D eigenvalue weighted by Gasteiger charge is 2.45. The molecular weight excluding hydrogens is 263 g/mol. The highest BCUT2D eigenvalue weighted by molar-refractivity contribution is 5.17. The largest absolute Gasteiger partial charge is 0.308 e. The monoisotopic (exact) mass is 290 g/mol. The quantitative estimate of drug-likeness (QED) is 0.896. The van der Waals surface area contributed by atoms with Crippen LogP contribution in [0.15, 0.2) is 24.3 Å². The Kier molecular flexibility index (Phi) is 4.32. The summed E-state index contributed by atoms with van der Waals surface area (Å²) in [5.74, 6) is 0.775. The topological polar surface area (TPSA) is 15.3 Å². The minimum absolute atomic E-state index is 0.0642. The molecule has 3 rings (SSSR count). The van der Waals surface area contributed by atoms with Crippen molar-refractivity contribution in [2.24, 2.45) is 5.92 Å². The lowest BCUT2D eigenvalue weighted by molar-refractivity contribution is 0.0738. The third kappa shape index (κ3) is 3.29. The zero-order chi connectivity index (χ0) is 14.9. The van der Waals surface area contributed by atoms with Crippen molar-refractivity contribution in [3.63, 3.8) is 0 Å². The smallest absolute Gasteiger partial charge is 0.126 e. The highest BCUT2D eigenvalue weighted by Crippen LogP contribution is 2.41. The number of nitrogens with one attached hydrogen (secondary N) is 1. The van der Waals surface area contributed by atoms with Crippen LogP contribution in [0.1, 0.15) is 38.7 Å². The molecule has 2 unspecified atom stereocenters. The lowest BCUT2D eigenvalue weighted by atomic mass is 9.90. The van der Waals surface area contributed by atoms with E-state index in [0.717, 1.165) is 44.0 Å². The molecule has 2 aliphatic rings. The Bertz CT molecular complexity index is 486. The van der Waals surface area contributed by atoms with Crippen LogP contribution in [0.3, 0.4) is 0 Å². The summed E-state index contributed by atoms with van der Waals surface area (Å²) in [5, 5.41) is 3.78. The summed E-state index contributed by atoms with van der Waals surface area (Å²) in [6, 6.07) is 7.77. The van der Waals surface area contributed by atoms with Crippen molar-refractivity contribution in [2.45, 2.75) is 51.1 Å². The van der Waals surface area contributed by atoms with Crippen molar-refractivity contribution in [1.82, 2.24) is 10.2 Å². The fourth-order valence-electron chi connectivity index (χ4n) is 3.71. The first-order chi connectivity index (χ1) is 10.1. The van der Waals surface area contributed by atoms with Crippen molar-refractivity contribution >= 4 is 0 Å². The van der Waals surface area contributed by atoms with Crippen molar-refractivity contribution in [3.8, 4) is 0 Å². The molecule has 1 aliphatic heterocycles. The molecule has 0 spiro atoms. The number of hydrogen-bond acceptors (Lipinski definition) is 2. The van der Waals surface area contributed by atoms with Gasteiger partial charge in [0.05, 0.1) is 0 Å². The van der Waals surface area contributed by atoms with Crippen LogP contribution in [0.5, 0.6) is 0 Å². The molecule has 1 aliphatic carbocycles. The van der Waals surface area contributed by atoms with Gasteiger partial charge in [-0.05, 0) is 50.2 Å². The average molecular weight is 290 g/mol. The lowest BCUT2D eigenvalue weighted by Gasteiger charge is -2.46. The van der Waals surface area contributed by atoms with Gasteiger partial charge in [0.15, 0.2) is 0 Å². The maximum Gasteiger partial charge on any atom is 0.126 e. The summed E-state index contributed by atoms with van der Waals surface area (Å²) < 4.78 is 13.8. The second-order valence-electron chi connectivity index (χ2n) is 6.95. The summed E-state index contributed by atoms with van der Waals surface area (Å²) in [4.78, 5) is 2.58. The Hall–Kier alpha value is -0.930. The molecule has 2 nitrogen and oxygen atoms in total. The molecule has 1 saturated carbocycles. The third-order valence-electron chi connectivity index (χ3n) is 5.37. The van der Waals surface area contributed by atoms with E-state index in [2.05, 4.69) is 24.1 Å². The maximum atomic E-state index is 13.8. The number of benzene rings is 1. The van der Waals surface area contributed by atoms with Crippen molar-refractivity contribution in [2.75, 3.05) is 19.6 Å². The summed E-state index contributed by atoms with van der Waals surface area (Å²) in [7, 11) is 0. The Balaban J connectivity index is 1.65. The van der Waals surface area contributed by atoms with Gasteiger partial charge in [0, 0.05) is 31.2 Å². The van der Waals surface area contributed by atoms with Crippen LogP contribution in [-0.4, -0.2) is 36.1 Å². The fraction of sp³-hybridized carbons (Fsp3) is 0.667. The van der Waals surface area contributed by atoms with Gasteiger partial charge >= 0.3 is 0 Å². The summed E-state index contributed by atoms with van der Waals surface area (Å²) in [5.41, 5.74) is 1.11. The van der Waals surface area contributed by atoms with E-state index in [9.17, 15) is 4.39 Å². The van der Waals surface area contributed by atoms with E-state index in [0.29, 0.717) is 6.04 Å². The number of rotatable bonds is 5. The molecule has 3 heteroatoms. The van der Waals surface area contributed by atoms with Crippen LogP contribution in [0.4, 0.5) is 4.39 Å². The van der Waals surface area contributed by atoms with Gasteiger partial charge in [0.25, 0.3) is 0 Å². The predicted molar refractivity (Wildman–Crippen MR) is 84.9 cm³/mol. The van der Waals surface area contributed by atoms with E-state index in [1.54, 1.807) is 12.1 Å². The molecule has 1 heterocycles. The molecule has 21 heavy (non-hydrogen) atoms. The number of halogens is 1. The maximum absolute atomic E-state index is 13.8. The molecule has 0 aromatic heterocycles. The SMILES string of the molecule is CCC1CNC(C)(C2CC2)CN1CCc1ccccc1F. The van der Waals surface area contributed by atoms with Gasteiger partial charge in [-0.25, -0.2) is 4.39 Å². The van der Waals surface area contributed by atoms with Crippen LogP contribution < -0.4 is 5.32 Å². The third-order valence-corrected chi connectivity index (χ3v) is 5.37. The first kappa shape index (κ1) is 15.0. The van der Waals surface area contributed by atoms with E-state index in [1.807, 2.05) is 12.1 Å². The molecular formula is C18H27FN2. The van der Waals surface area contributed by atoms with Crippen molar-refractivity contribution in [1.29, 1.82) is 0 Å². The lowest BCUT2D eigenvalue weighted by Crippen LogP contribution is -2.64. The van der Waals surface area contributed by atoms with E-state index in [4.69, 9.17) is 0 Å². The second-order valence-corrected chi connectivity index (χ2v) is 6.95.